The maximum Gasteiger partial charge on any atom is 0.328 e. The number of nitrogens with zero attached hydrogens (tertiary/aromatic N) is 1. The lowest BCUT2D eigenvalue weighted by molar-refractivity contribution is -0.142. The van der Waals surface area contributed by atoms with Crippen molar-refractivity contribution < 1.29 is 19.1 Å². The molecule has 7 heteroatoms. The van der Waals surface area contributed by atoms with Gasteiger partial charge in [0.05, 0.1) is 7.11 Å². The monoisotopic (exact) mass is 540 g/mol. The molecule has 1 unspecified atom stereocenters. The van der Waals surface area contributed by atoms with Crippen molar-refractivity contribution in [3.63, 3.8) is 0 Å². The van der Waals surface area contributed by atoms with Crippen LogP contribution in [0, 0.1) is 6.92 Å². The van der Waals surface area contributed by atoms with Gasteiger partial charge < -0.3 is 15.0 Å². The van der Waals surface area contributed by atoms with Gasteiger partial charge in [0.1, 0.15) is 6.04 Å². The summed E-state index contributed by atoms with van der Waals surface area (Å²) in [6.07, 6.45) is 7.65. The first-order valence-corrected chi connectivity index (χ1v) is 15.1. The van der Waals surface area contributed by atoms with E-state index in [0.717, 1.165) is 66.8 Å². The number of aryl methyl sites for hydroxylation is 2. The number of hydrogen-bond acceptors (Lipinski definition) is 5. The maximum atomic E-state index is 13.4. The largest absolute Gasteiger partial charge is 0.467 e. The summed E-state index contributed by atoms with van der Waals surface area (Å²) in [5, 5.41) is 2.88. The summed E-state index contributed by atoms with van der Waals surface area (Å²) in [5.74, 6) is 0.148. The molecule has 0 aliphatic heterocycles. The van der Waals surface area contributed by atoms with E-state index in [4.69, 9.17) is 4.74 Å². The van der Waals surface area contributed by atoms with Crippen LogP contribution in [0.2, 0.25) is 0 Å². The van der Waals surface area contributed by atoms with Gasteiger partial charge in [0.25, 0.3) is 5.91 Å². The van der Waals surface area contributed by atoms with Gasteiger partial charge in [0.15, 0.2) is 0 Å². The van der Waals surface area contributed by atoms with Crippen LogP contribution in [0.4, 0.5) is 0 Å². The lowest BCUT2D eigenvalue weighted by Gasteiger charge is -2.22. The lowest BCUT2D eigenvalue weighted by Crippen LogP contribution is -2.42. The number of unbranched alkanes of at least 4 members (excludes halogenated alkanes) is 2. The van der Waals surface area contributed by atoms with Gasteiger partial charge in [-0.15, -0.1) is 0 Å². The van der Waals surface area contributed by atoms with E-state index in [1.54, 1.807) is 11.8 Å². The number of hydrogen-bond donors (Lipinski definition) is 1. The van der Waals surface area contributed by atoms with Crippen molar-refractivity contribution in [1.82, 2.24) is 10.2 Å². The SMILES string of the molecule is CCCCN(CCCC)C(=O)CCc1ccc(C(=O)NC(CCSC)C(=O)OC)c(-c2ccccc2C)c1. The first kappa shape index (κ1) is 31.4. The van der Waals surface area contributed by atoms with Gasteiger partial charge in [-0.25, -0.2) is 4.79 Å². The van der Waals surface area contributed by atoms with Crippen LogP contribution in [0.25, 0.3) is 11.1 Å². The highest BCUT2D eigenvalue weighted by molar-refractivity contribution is 7.98. The molecular weight excluding hydrogens is 496 g/mol. The summed E-state index contributed by atoms with van der Waals surface area (Å²) >= 11 is 1.61. The number of carbonyl (C=O) groups is 3. The fourth-order valence-electron chi connectivity index (χ4n) is 4.37. The molecule has 0 aromatic heterocycles. The third-order valence-corrected chi connectivity index (χ3v) is 7.35. The van der Waals surface area contributed by atoms with Crippen LogP contribution >= 0.6 is 11.8 Å². The third-order valence-electron chi connectivity index (χ3n) is 6.71. The number of nitrogens with one attached hydrogen (secondary N) is 1. The summed E-state index contributed by atoms with van der Waals surface area (Å²) in [6.45, 7) is 7.91. The van der Waals surface area contributed by atoms with Crippen LogP contribution in [0.1, 0.15) is 73.9 Å². The van der Waals surface area contributed by atoms with Gasteiger partial charge >= 0.3 is 5.97 Å². The van der Waals surface area contributed by atoms with Gasteiger partial charge in [0, 0.05) is 25.1 Å². The standard InChI is InChI=1S/C31H44N2O4S/c1-6-8-19-33(20-9-7-2)29(34)17-15-24-14-16-26(27(22-24)25-13-11-10-12-23(25)3)30(35)32-28(18-21-38-5)31(36)37-4/h10-14,16,22,28H,6-9,15,17-21H2,1-5H3,(H,32,35). The molecule has 0 heterocycles. The number of carbonyl (C=O) groups excluding carboxylic acids is 3. The van der Waals surface area contributed by atoms with Crippen LogP contribution in [0.15, 0.2) is 42.5 Å². The summed E-state index contributed by atoms with van der Waals surface area (Å²) < 4.78 is 4.92. The topological polar surface area (TPSA) is 75.7 Å². The Morgan fingerprint density at radius 3 is 2.29 bits per heavy atom. The van der Waals surface area contributed by atoms with Crippen LogP contribution in [0.3, 0.4) is 0 Å². The van der Waals surface area contributed by atoms with Crippen molar-refractivity contribution in [2.75, 3.05) is 32.2 Å². The number of esters is 1. The van der Waals surface area contributed by atoms with Crippen molar-refractivity contribution in [3.05, 3.63) is 59.2 Å². The normalized spacial score (nSPS) is 11.6. The first-order chi connectivity index (χ1) is 18.4. The zero-order valence-corrected chi connectivity index (χ0v) is 24.5. The summed E-state index contributed by atoms with van der Waals surface area (Å²) in [7, 11) is 1.33. The molecule has 0 bridgehead atoms. The average Bonchev–Trinajstić information content (AvgIpc) is 2.93. The molecule has 0 saturated carbocycles. The van der Waals surface area contributed by atoms with Crippen molar-refractivity contribution in [2.45, 2.75) is 71.8 Å². The summed E-state index contributed by atoms with van der Waals surface area (Å²) in [6, 6.07) is 13.0. The van der Waals surface area contributed by atoms with Crippen LogP contribution in [-0.4, -0.2) is 60.9 Å². The Kier molecular flexibility index (Phi) is 14.0. The zero-order chi connectivity index (χ0) is 27.9. The molecule has 0 saturated heterocycles. The van der Waals surface area contributed by atoms with Gasteiger partial charge in [-0.05, 0) is 72.9 Å². The molecule has 1 atom stereocenters. The highest BCUT2D eigenvalue weighted by atomic mass is 32.2. The predicted molar refractivity (Wildman–Crippen MR) is 158 cm³/mol. The molecule has 0 radical (unpaired) electrons. The summed E-state index contributed by atoms with van der Waals surface area (Å²) in [5.41, 5.74) is 4.31. The summed E-state index contributed by atoms with van der Waals surface area (Å²) in [4.78, 5) is 40.8. The highest BCUT2D eigenvalue weighted by Crippen LogP contribution is 2.29. The molecule has 2 amide bonds. The molecule has 2 aromatic carbocycles. The Morgan fingerprint density at radius 1 is 1.00 bits per heavy atom. The van der Waals surface area contributed by atoms with Gasteiger partial charge in [-0.2, -0.15) is 11.8 Å². The third kappa shape index (κ3) is 9.50. The fraction of sp³-hybridized carbons (Fsp3) is 0.516. The number of ether oxygens (including phenoxy) is 1. The van der Waals surface area contributed by atoms with E-state index < -0.39 is 12.0 Å². The quantitative estimate of drug-likeness (QED) is 0.263. The van der Waals surface area contributed by atoms with E-state index in [1.165, 1.54) is 7.11 Å². The Morgan fingerprint density at radius 2 is 1.68 bits per heavy atom. The van der Waals surface area contributed by atoms with Crippen molar-refractivity contribution in [3.8, 4) is 11.1 Å². The Balaban J connectivity index is 2.32. The van der Waals surface area contributed by atoms with Gasteiger partial charge in [-0.3, -0.25) is 9.59 Å². The van der Waals surface area contributed by atoms with Crippen LogP contribution < -0.4 is 5.32 Å². The minimum absolute atomic E-state index is 0.181. The number of thioether (sulfide) groups is 1. The molecule has 0 aliphatic carbocycles. The second kappa shape index (κ2) is 16.9. The fourth-order valence-corrected chi connectivity index (χ4v) is 4.85. The van der Waals surface area contributed by atoms with Crippen molar-refractivity contribution in [1.29, 1.82) is 0 Å². The molecule has 38 heavy (non-hydrogen) atoms. The molecule has 208 valence electrons. The molecule has 0 aliphatic rings. The van der Waals surface area contributed by atoms with Crippen molar-refractivity contribution in [2.24, 2.45) is 0 Å². The van der Waals surface area contributed by atoms with Crippen LogP contribution in [0.5, 0.6) is 0 Å². The lowest BCUT2D eigenvalue weighted by atomic mass is 9.92. The Labute approximate surface area is 232 Å². The molecule has 0 spiro atoms. The van der Waals surface area contributed by atoms with Crippen LogP contribution in [-0.2, 0) is 20.7 Å². The smallest absolute Gasteiger partial charge is 0.328 e. The number of benzene rings is 2. The molecule has 2 aromatic rings. The van der Waals surface area contributed by atoms with E-state index >= 15 is 0 Å². The molecule has 1 N–H and O–H groups in total. The Bertz CT molecular complexity index is 1050. The number of methoxy groups -OCH3 is 1. The second-order valence-electron chi connectivity index (χ2n) is 9.61. The minimum atomic E-state index is -0.709. The van der Waals surface area contributed by atoms with Gasteiger partial charge in [0.2, 0.25) is 5.91 Å². The average molecular weight is 541 g/mol. The van der Waals surface area contributed by atoms with Gasteiger partial charge in [-0.1, -0.05) is 63.1 Å². The van der Waals surface area contributed by atoms with E-state index in [9.17, 15) is 14.4 Å². The predicted octanol–water partition coefficient (Wildman–Crippen LogP) is 6.05. The first-order valence-electron chi connectivity index (χ1n) is 13.7. The molecule has 2 rings (SSSR count). The molecular formula is C31H44N2O4S. The van der Waals surface area contributed by atoms with E-state index in [2.05, 4.69) is 19.2 Å². The minimum Gasteiger partial charge on any atom is -0.467 e. The van der Waals surface area contributed by atoms with E-state index in [1.807, 2.05) is 60.5 Å². The zero-order valence-electron chi connectivity index (χ0n) is 23.7. The Hall–Kier alpha value is -2.80. The molecule has 6 nitrogen and oxygen atoms in total. The second-order valence-corrected chi connectivity index (χ2v) is 10.6. The number of rotatable bonds is 16. The van der Waals surface area contributed by atoms with E-state index in [0.29, 0.717) is 24.8 Å². The maximum absolute atomic E-state index is 13.4. The van der Waals surface area contributed by atoms with E-state index in [-0.39, 0.29) is 11.8 Å². The number of amides is 2. The van der Waals surface area contributed by atoms with Crippen molar-refractivity contribution >= 4 is 29.5 Å². The molecule has 0 fully saturated rings. The highest BCUT2D eigenvalue weighted by Gasteiger charge is 2.24.